The van der Waals surface area contributed by atoms with Crippen LogP contribution in [0.2, 0.25) is 0 Å². The Hall–Kier alpha value is -1.95. The Bertz CT molecular complexity index is 537. The molecular weight excluding hydrogens is 230 g/mol. The van der Waals surface area contributed by atoms with Gasteiger partial charge in [0.1, 0.15) is 5.82 Å². The third kappa shape index (κ3) is 2.65. The second kappa shape index (κ2) is 5.14. The fourth-order valence-electron chi connectivity index (χ4n) is 1.70. The SMILES string of the molecule is Cc1cc(CO)nc(N(C)Cc2nccn2C)n1. The van der Waals surface area contributed by atoms with Gasteiger partial charge in [0.15, 0.2) is 0 Å². The van der Waals surface area contributed by atoms with Crippen LogP contribution < -0.4 is 4.90 Å². The summed E-state index contributed by atoms with van der Waals surface area (Å²) in [4.78, 5) is 14.8. The molecular formula is C12H17N5O. The summed E-state index contributed by atoms with van der Waals surface area (Å²) in [5.74, 6) is 1.54. The van der Waals surface area contributed by atoms with Gasteiger partial charge in [0, 0.05) is 32.2 Å². The highest BCUT2D eigenvalue weighted by atomic mass is 16.3. The molecule has 2 aromatic rings. The van der Waals surface area contributed by atoms with E-state index < -0.39 is 0 Å². The molecule has 0 fully saturated rings. The first-order valence-corrected chi connectivity index (χ1v) is 5.73. The van der Waals surface area contributed by atoms with Crippen LogP contribution in [0.5, 0.6) is 0 Å². The summed E-state index contributed by atoms with van der Waals surface area (Å²) in [6.07, 6.45) is 3.67. The highest BCUT2D eigenvalue weighted by Gasteiger charge is 2.10. The number of aryl methyl sites for hydroxylation is 2. The van der Waals surface area contributed by atoms with Gasteiger partial charge in [0.25, 0.3) is 0 Å². The average molecular weight is 247 g/mol. The Morgan fingerprint density at radius 3 is 2.78 bits per heavy atom. The lowest BCUT2D eigenvalue weighted by atomic mass is 10.3. The highest BCUT2D eigenvalue weighted by molar-refractivity contribution is 5.31. The molecule has 0 bridgehead atoms. The van der Waals surface area contributed by atoms with Gasteiger partial charge in [0.05, 0.1) is 18.8 Å². The summed E-state index contributed by atoms with van der Waals surface area (Å²) in [6, 6.07) is 1.78. The van der Waals surface area contributed by atoms with Crippen LogP contribution in [-0.4, -0.2) is 31.7 Å². The molecule has 0 aliphatic heterocycles. The maximum Gasteiger partial charge on any atom is 0.226 e. The van der Waals surface area contributed by atoms with Gasteiger partial charge in [-0.3, -0.25) is 0 Å². The smallest absolute Gasteiger partial charge is 0.226 e. The Balaban J connectivity index is 2.20. The summed E-state index contributed by atoms with van der Waals surface area (Å²) in [7, 11) is 3.86. The normalized spacial score (nSPS) is 10.7. The zero-order valence-corrected chi connectivity index (χ0v) is 10.8. The van der Waals surface area contributed by atoms with Gasteiger partial charge in [-0.25, -0.2) is 15.0 Å². The quantitative estimate of drug-likeness (QED) is 0.859. The summed E-state index contributed by atoms with van der Waals surface area (Å²) < 4.78 is 1.96. The first kappa shape index (κ1) is 12.5. The summed E-state index contributed by atoms with van der Waals surface area (Å²) >= 11 is 0. The summed E-state index contributed by atoms with van der Waals surface area (Å²) in [5, 5.41) is 9.14. The van der Waals surface area contributed by atoms with Gasteiger partial charge in [-0.15, -0.1) is 0 Å². The van der Waals surface area contributed by atoms with Crippen molar-refractivity contribution in [1.82, 2.24) is 19.5 Å². The van der Waals surface area contributed by atoms with E-state index in [-0.39, 0.29) is 6.61 Å². The molecule has 6 nitrogen and oxygen atoms in total. The summed E-state index contributed by atoms with van der Waals surface area (Å²) in [5.41, 5.74) is 1.47. The molecule has 0 aliphatic carbocycles. The van der Waals surface area contributed by atoms with Crippen LogP contribution in [0.3, 0.4) is 0 Å². The number of hydrogen-bond acceptors (Lipinski definition) is 5. The zero-order valence-electron chi connectivity index (χ0n) is 10.8. The van der Waals surface area contributed by atoms with Crippen LogP contribution in [0.4, 0.5) is 5.95 Å². The third-order valence-corrected chi connectivity index (χ3v) is 2.70. The Kier molecular flexibility index (Phi) is 3.57. The van der Waals surface area contributed by atoms with Crippen molar-refractivity contribution < 1.29 is 5.11 Å². The summed E-state index contributed by atoms with van der Waals surface area (Å²) in [6.45, 7) is 2.43. The molecule has 0 saturated carbocycles. The van der Waals surface area contributed by atoms with Gasteiger partial charge in [-0.1, -0.05) is 0 Å². The molecule has 2 heterocycles. The monoisotopic (exact) mass is 247 g/mol. The number of aliphatic hydroxyl groups excluding tert-OH is 1. The van der Waals surface area contributed by atoms with E-state index in [1.807, 2.05) is 36.7 Å². The van der Waals surface area contributed by atoms with Crippen molar-refractivity contribution in [3.05, 3.63) is 35.7 Å². The van der Waals surface area contributed by atoms with E-state index in [1.165, 1.54) is 0 Å². The van der Waals surface area contributed by atoms with Gasteiger partial charge >= 0.3 is 0 Å². The molecule has 0 unspecified atom stereocenters. The van der Waals surface area contributed by atoms with Crippen molar-refractivity contribution in [2.75, 3.05) is 11.9 Å². The van der Waals surface area contributed by atoms with Gasteiger partial charge < -0.3 is 14.6 Å². The fraction of sp³-hybridized carbons (Fsp3) is 0.417. The molecule has 0 aromatic carbocycles. The van der Waals surface area contributed by atoms with Crippen molar-refractivity contribution in [2.24, 2.45) is 7.05 Å². The first-order valence-electron chi connectivity index (χ1n) is 5.73. The topological polar surface area (TPSA) is 67.1 Å². The van der Waals surface area contributed by atoms with Crippen molar-refractivity contribution in [3.63, 3.8) is 0 Å². The van der Waals surface area contributed by atoms with E-state index in [4.69, 9.17) is 5.11 Å². The molecule has 0 saturated heterocycles. The minimum atomic E-state index is -0.0768. The lowest BCUT2D eigenvalue weighted by molar-refractivity contribution is 0.276. The van der Waals surface area contributed by atoms with Crippen LogP contribution in [0.1, 0.15) is 17.2 Å². The molecule has 1 N–H and O–H groups in total. The fourth-order valence-corrected chi connectivity index (χ4v) is 1.70. The van der Waals surface area contributed by atoms with E-state index in [1.54, 1.807) is 12.3 Å². The molecule has 0 amide bonds. The molecule has 96 valence electrons. The van der Waals surface area contributed by atoms with E-state index in [9.17, 15) is 0 Å². The number of rotatable bonds is 4. The largest absolute Gasteiger partial charge is 0.390 e. The zero-order chi connectivity index (χ0) is 13.1. The van der Waals surface area contributed by atoms with E-state index in [2.05, 4.69) is 15.0 Å². The lowest BCUT2D eigenvalue weighted by Crippen LogP contribution is -2.22. The number of hydrogen-bond donors (Lipinski definition) is 1. The molecule has 0 aliphatic rings. The number of aliphatic hydroxyl groups is 1. The standard InChI is InChI=1S/C12H17N5O/c1-9-6-10(8-18)15-12(14-9)17(3)7-11-13-4-5-16(11)2/h4-6,18H,7-8H2,1-3H3. The minimum Gasteiger partial charge on any atom is -0.390 e. The maximum atomic E-state index is 9.14. The van der Waals surface area contributed by atoms with Gasteiger partial charge in [-0.2, -0.15) is 0 Å². The Morgan fingerprint density at radius 1 is 1.39 bits per heavy atom. The van der Waals surface area contributed by atoms with Crippen LogP contribution >= 0.6 is 0 Å². The van der Waals surface area contributed by atoms with Crippen molar-refractivity contribution in [1.29, 1.82) is 0 Å². The van der Waals surface area contributed by atoms with Gasteiger partial charge in [-0.05, 0) is 13.0 Å². The van der Waals surface area contributed by atoms with Crippen molar-refractivity contribution in [2.45, 2.75) is 20.1 Å². The molecule has 2 aromatic heterocycles. The van der Waals surface area contributed by atoms with E-state index in [0.717, 1.165) is 11.5 Å². The molecule has 6 heteroatoms. The number of anilines is 1. The van der Waals surface area contributed by atoms with Gasteiger partial charge in [0.2, 0.25) is 5.95 Å². The van der Waals surface area contributed by atoms with E-state index in [0.29, 0.717) is 18.2 Å². The molecule has 2 rings (SSSR count). The first-order chi connectivity index (χ1) is 8.60. The van der Waals surface area contributed by atoms with Crippen molar-refractivity contribution in [3.8, 4) is 0 Å². The molecule has 18 heavy (non-hydrogen) atoms. The molecule has 0 radical (unpaired) electrons. The second-order valence-electron chi connectivity index (χ2n) is 4.27. The second-order valence-corrected chi connectivity index (χ2v) is 4.27. The predicted octanol–water partition coefficient (Wildman–Crippen LogP) is 0.647. The predicted molar refractivity (Wildman–Crippen MR) is 68.0 cm³/mol. The average Bonchev–Trinajstić information content (AvgIpc) is 2.74. The van der Waals surface area contributed by atoms with Crippen molar-refractivity contribution >= 4 is 5.95 Å². The maximum absolute atomic E-state index is 9.14. The third-order valence-electron chi connectivity index (χ3n) is 2.70. The molecule has 0 atom stereocenters. The van der Waals surface area contributed by atoms with E-state index >= 15 is 0 Å². The van der Waals surface area contributed by atoms with Crippen LogP contribution in [0, 0.1) is 6.92 Å². The Labute approximate surface area is 106 Å². The van der Waals surface area contributed by atoms with Crippen LogP contribution in [-0.2, 0) is 20.2 Å². The minimum absolute atomic E-state index is 0.0768. The highest BCUT2D eigenvalue weighted by Crippen LogP contribution is 2.11. The number of imidazole rings is 1. The van der Waals surface area contributed by atoms with Crippen LogP contribution in [0.25, 0.3) is 0 Å². The van der Waals surface area contributed by atoms with Crippen LogP contribution in [0.15, 0.2) is 18.5 Å². The lowest BCUT2D eigenvalue weighted by Gasteiger charge is -2.17. The number of nitrogens with zero attached hydrogens (tertiary/aromatic N) is 5. The number of aromatic nitrogens is 4. The molecule has 0 spiro atoms. The Morgan fingerprint density at radius 2 is 2.17 bits per heavy atom.